The van der Waals surface area contributed by atoms with Crippen molar-refractivity contribution >= 4 is 41.2 Å². The third-order valence-electron chi connectivity index (χ3n) is 6.11. The molecule has 5 aliphatic rings. The number of nitrogens with zero attached hydrogens (tertiary/aromatic N) is 4. The van der Waals surface area contributed by atoms with Crippen molar-refractivity contribution in [2.45, 2.75) is 49.3 Å². The number of rotatable bonds is 5. The number of carbonyl (C=O) groups excluding carboxylic acids is 1. The number of aliphatic imine (C=N–C) groups is 2. The predicted octanol–water partition coefficient (Wildman–Crippen LogP) is 4.28. The average molecular weight is 470 g/mol. The quantitative estimate of drug-likeness (QED) is 0.281. The van der Waals surface area contributed by atoms with Crippen LogP contribution in [0.1, 0.15) is 33.6 Å². The summed E-state index contributed by atoms with van der Waals surface area (Å²) in [6, 6.07) is 0. The van der Waals surface area contributed by atoms with E-state index in [1.807, 2.05) is 65.4 Å². The van der Waals surface area contributed by atoms with E-state index in [-0.39, 0.29) is 15.7 Å². The summed E-state index contributed by atoms with van der Waals surface area (Å²) in [4.78, 5) is 26.3. The first kappa shape index (κ1) is 23.0. The maximum absolute atomic E-state index is 11.7. The van der Waals surface area contributed by atoms with Crippen LogP contribution < -0.4 is 5.32 Å². The number of thioether (sulfide) groups is 2. The Morgan fingerprint density at radius 2 is 2.09 bits per heavy atom. The summed E-state index contributed by atoms with van der Waals surface area (Å²) < 4.78 is 0.130. The van der Waals surface area contributed by atoms with Crippen LogP contribution >= 0.6 is 23.5 Å². The number of fused-ring (bicyclic) bond motifs is 1. The Balaban J connectivity index is 0.00000119. The number of hydrogen-bond acceptors (Lipinski definition) is 7. The van der Waals surface area contributed by atoms with Gasteiger partial charge in [0.05, 0.1) is 26.7 Å². The third kappa shape index (κ3) is 3.67. The van der Waals surface area contributed by atoms with Gasteiger partial charge in [0.15, 0.2) is 6.29 Å². The molecule has 1 fully saturated rings. The third-order valence-corrected chi connectivity index (χ3v) is 8.64. The van der Waals surface area contributed by atoms with Crippen LogP contribution in [0.3, 0.4) is 0 Å². The number of carbonyl (C=O) groups is 1. The van der Waals surface area contributed by atoms with Gasteiger partial charge in [-0.3, -0.25) is 9.79 Å². The summed E-state index contributed by atoms with van der Waals surface area (Å²) in [5, 5.41) is 4.51. The molecule has 3 atom stereocenters. The molecule has 1 saturated carbocycles. The summed E-state index contributed by atoms with van der Waals surface area (Å²) in [5.74, 6) is 0. The molecule has 3 aliphatic heterocycles. The largest absolute Gasteiger partial charge is 0.377 e. The van der Waals surface area contributed by atoms with E-state index in [2.05, 4.69) is 40.3 Å². The van der Waals surface area contributed by atoms with E-state index < -0.39 is 0 Å². The Morgan fingerprint density at radius 1 is 1.31 bits per heavy atom. The van der Waals surface area contributed by atoms with Crippen molar-refractivity contribution in [2.24, 2.45) is 9.98 Å². The fourth-order valence-electron chi connectivity index (χ4n) is 4.58. The summed E-state index contributed by atoms with van der Waals surface area (Å²) in [6.45, 7) is 6.10. The molecule has 3 unspecified atom stereocenters. The molecular weight excluding hydrogens is 438 g/mol. The summed E-state index contributed by atoms with van der Waals surface area (Å²) >= 11 is 3.41. The van der Waals surface area contributed by atoms with Gasteiger partial charge in [-0.1, -0.05) is 49.5 Å². The SMILES string of the molecule is CC.CC1=NC23C=C(N(C)C=NC4=C(C=O)SC5NC=CC(N(C)C)=C45)CC=CC2(C3)S1. The van der Waals surface area contributed by atoms with Gasteiger partial charge >= 0.3 is 0 Å². The van der Waals surface area contributed by atoms with E-state index >= 15 is 0 Å². The van der Waals surface area contributed by atoms with Gasteiger partial charge in [0.25, 0.3) is 0 Å². The van der Waals surface area contributed by atoms with Crippen molar-refractivity contribution in [3.63, 3.8) is 0 Å². The first-order valence-corrected chi connectivity index (χ1v) is 12.7. The fraction of sp³-hybridized carbons (Fsp3) is 0.458. The molecule has 0 aromatic carbocycles. The zero-order valence-corrected chi connectivity index (χ0v) is 21.2. The Morgan fingerprint density at radius 3 is 2.81 bits per heavy atom. The van der Waals surface area contributed by atoms with Gasteiger partial charge in [0, 0.05) is 44.5 Å². The van der Waals surface area contributed by atoms with Crippen molar-refractivity contribution in [2.75, 3.05) is 21.1 Å². The van der Waals surface area contributed by atoms with Crippen LogP contribution in [0, 0.1) is 0 Å². The van der Waals surface area contributed by atoms with Gasteiger partial charge in [-0.05, 0) is 31.7 Å². The van der Waals surface area contributed by atoms with Gasteiger partial charge in [0.1, 0.15) is 10.9 Å². The maximum atomic E-state index is 11.7. The monoisotopic (exact) mass is 469 g/mol. The van der Waals surface area contributed by atoms with Gasteiger partial charge in [-0.2, -0.15) is 0 Å². The Kier molecular flexibility index (Phi) is 6.20. The first-order chi connectivity index (χ1) is 15.4. The van der Waals surface area contributed by atoms with Gasteiger partial charge < -0.3 is 15.1 Å². The van der Waals surface area contributed by atoms with E-state index in [1.54, 1.807) is 0 Å². The standard InChI is InChI=1S/C22H25N5OS2.C2H6/c1-14-25-21-10-15(6-5-8-22(21,12-21)30-14)27(4)13-24-19-17(11-28)29-20-18(19)16(26(2)3)7-9-23-20;1-2/h5,7-11,13,20,23H,6,12H2,1-4H3;1-2H3. The Labute approximate surface area is 199 Å². The molecule has 8 heteroatoms. The highest BCUT2D eigenvalue weighted by atomic mass is 32.2. The normalized spacial score (nSPS) is 31.6. The van der Waals surface area contributed by atoms with Gasteiger partial charge in [-0.25, -0.2) is 4.99 Å². The topological polar surface area (TPSA) is 60.3 Å². The second-order valence-electron chi connectivity index (χ2n) is 8.34. The van der Waals surface area contributed by atoms with Gasteiger partial charge in [0.2, 0.25) is 0 Å². The fourth-order valence-corrected chi connectivity index (χ4v) is 7.13. The smallest absolute Gasteiger partial charge is 0.158 e. The Bertz CT molecular complexity index is 1030. The van der Waals surface area contributed by atoms with E-state index in [9.17, 15) is 4.79 Å². The molecule has 1 N–H and O–H groups in total. The van der Waals surface area contributed by atoms with E-state index in [0.717, 1.165) is 41.1 Å². The minimum atomic E-state index is -0.0909. The minimum Gasteiger partial charge on any atom is -0.377 e. The van der Waals surface area contributed by atoms with E-state index in [1.165, 1.54) is 17.5 Å². The van der Waals surface area contributed by atoms with Crippen LogP contribution in [0.25, 0.3) is 0 Å². The molecule has 0 saturated heterocycles. The van der Waals surface area contributed by atoms with Crippen LogP contribution in [0.15, 0.2) is 68.1 Å². The number of likely N-dealkylation sites (N-methyl/N-ethyl adjacent to an activating group) is 1. The predicted molar refractivity (Wildman–Crippen MR) is 138 cm³/mol. The summed E-state index contributed by atoms with van der Waals surface area (Å²) in [7, 11) is 6.05. The van der Waals surface area contributed by atoms with Crippen molar-refractivity contribution < 1.29 is 4.79 Å². The minimum absolute atomic E-state index is 0.0175. The lowest BCUT2D eigenvalue weighted by Gasteiger charge is -2.25. The first-order valence-electron chi connectivity index (χ1n) is 11.0. The van der Waals surface area contributed by atoms with Crippen molar-refractivity contribution in [3.05, 3.63) is 58.1 Å². The van der Waals surface area contributed by atoms with Crippen molar-refractivity contribution in [1.82, 2.24) is 15.1 Å². The molecule has 170 valence electrons. The summed E-state index contributed by atoms with van der Waals surface area (Å²) in [5.41, 5.74) is 3.98. The number of aldehydes is 1. The summed E-state index contributed by atoms with van der Waals surface area (Å²) in [6.07, 6.45) is 15.6. The number of allylic oxidation sites excluding steroid dienone is 3. The second kappa shape index (κ2) is 8.63. The molecule has 5 rings (SSSR count). The number of hydrogen-bond donors (Lipinski definition) is 1. The highest BCUT2D eigenvalue weighted by molar-refractivity contribution is 8.15. The number of dihydropyridines is 1. The molecule has 32 heavy (non-hydrogen) atoms. The van der Waals surface area contributed by atoms with Gasteiger partial charge in [-0.15, -0.1) is 0 Å². The lowest BCUT2D eigenvalue weighted by Crippen LogP contribution is -2.28. The highest BCUT2D eigenvalue weighted by Crippen LogP contribution is 2.67. The molecule has 0 amide bonds. The van der Waals surface area contributed by atoms with Crippen molar-refractivity contribution in [1.29, 1.82) is 0 Å². The molecule has 6 nitrogen and oxygen atoms in total. The number of nitrogens with one attached hydrogen (secondary N) is 1. The van der Waals surface area contributed by atoms with E-state index in [0.29, 0.717) is 4.91 Å². The van der Waals surface area contributed by atoms with E-state index in [4.69, 9.17) is 9.98 Å². The van der Waals surface area contributed by atoms with Crippen molar-refractivity contribution in [3.8, 4) is 0 Å². The zero-order chi connectivity index (χ0) is 23.1. The average Bonchev–Trinajstić information content (AvgIpc) is 3.10. The zero-order valence-electron chi connectivity index (χ0n) is 19.5. The molecule has 2 aliphatic carbocycles. The molecule has 0 radical (unpaired) electrons. The van der Waals surface area contributed by atoms with Crippen LogP contribution in [0.2, 0.25) is 0 Å². The maximum Gasteiger partial charge on any atom is 0.158 e. The Hall–Kier alpha value is -2.19. The molecule has 0 spiro atoms. The lowest BCUT2D eigenvalue weighted by molar-refractivity contribution is -0.104. The molecule has 0 aromatic heterocycles. The van der Waals surface area contributed by atoms with Crippen LogP contribution in [-0.4, -0.2) is 64.3 Å². The molecule has 3 heterocycles. The van der Waals surface area contributed by atoms with Crippen LogP contribution in [-0.2, 0) is 4.79 Å². The molecule has 0 aromatic rings. The highest BCUT2D eigenvalue weighted by Gasteiger charge is 2.70. The van der Waals surface area contributed by atoms with Crippen LogP contribution in [0.4, 0.5) is 0 Å². The molecular formula is C24H31N5OS2. The second-order valence-corrected chi connectivity index (χ2v) is 11.0. The molecule has 0 bridgehead atoms. The lowest BCUT2D eigenvalue weighted by atomic mass is 10.1. The van der Waals surface area contributed by atoms with Crippen LogP contribution in [0.5, 0.6) is 0 Å².